The lowest BCUT2D eigenvalue weighted by Gasteiger charge is -2.01. The molecule has 0 saturated carbocycles. The van der Waals surface area contributed by atoms with Gasteiger partial charge < -0.3 is 5.73 Å². The van der Waals surface area contributed by atoms with E-state index >= 15 is 0 Å². The van der Waals surface area contributed by atoms with Crippen LogP contribution in [0.3, 0.4) is 0 Å². The highest BCUT2D eigenvalue weighted by Crippen LogP contribution is 2.17. The summed E-state index contributed by atoms with van der Waals surface area (Å²) >= 11 is 0. The lowest BCUT2D eigenvalue weighted by molar-refractivity contribution is 0.628. The van der Waals surface area contributed by atoms with Crippen molar-refractivity contribution < 1.29 is 4.39 Å². The van der Waals surface area contributed by atoms with Crippen LogP contribution in [-0.2, 0) is 6.54 Å². The Morgan fingerprint density at radius 1 is 1.13 bits per heavy atom. The molecule has 0 atom stereocenters. The predicted molar refractivity (Wildman–Crippen MR) is 55.3 cm³/mol. The van der Waals surface area contributed by atoms with E-state index in [1.54, 1.807) is 18.5 Å². The third kappa shape index (κ3) is 2.16. The van der Waals surface area contributed by atoms with Crippen molar-refractivity contribution >= 4 is 0 Å². The molecule has 2 N–H and O–H groups in total. The van der Waals surface area contributed by atoms with Gasteiger partial charge in [-0.2, -0.15) is 0 Å². The Morgan fingerprint density at radius 3 is 2.47 bits per heavy atom. The average molecular weight is 203 g/mol. The Labute approximate surface area is 86.8 Å². The first kappa shape index (κ1) is 9.73. The molecule has 0 saturated heterocycles. The van der Waals surface area contributed by atoms with Gasteiger partial charge in [-0.1, -0.05) is 12.1 Å². The molecule has 0 aliphatic rings. The van der Waals surface area contributed by atoms with E-state index in [1.807, 2.05) is 6.07 Å². The summed E-state index contributed by atoms with van der Waals surface area (Å²) in [5.74, 6) is 0.311. The highest BCUT2D eigenvalue weighted by molar-refractivity contribution is 5.61. The highest BCUT2D eigenvalue weighted by Gasteiger charge is 2.00. The largest absolute Gasteiger partial charge is 0.324 e. The molecule has 2 aromatic rings. The molecule has 1 aromatic heterocycles. The lowest BCUT2D eigenvalue weighted by atomic mass is 10.1. The fourth-order valence-corrected chi connectivity index (χ4v) is 1.28. The summed E-state index contributed by atoms with van der Waals surface area (Å²) in [6.07, 6.45) is 3.29. The van der Waals surface area contributed by atoms with Crippen LogP contribution in [0, 0.1) is 5.82 Å². The molecule has 3 nitrogen and oxygen atoms in total. The smallest absolute Gasteiger partial charge is 0.141 e. The van der Waals surface area contributed by atoms with Crippen LogP contribution in [0.1, 0.15) is 5.82 Å². The molecule has 0 aliphatic carbocycles. The van der Waals surface area contributed by atoms with Gasteiger partial charge in [0.1, 0.15) is 11.6 Å². The van der Waals surface area contributed by atoms with E-state index in [1.165, 1.54) is 12.1 Å². The summed E-state index contributed by atoms with van der Waals surface area (Å²) in [5.41, 5.74) is 6.92. The van der Waals surface area contributed by atoms with Crippen molar-refractivity contribution in [2.24, 2.45) is 5.73 Å². The molecule has 1 heterocycles. The molecule has 0 radical (unpaired) electrons. The first-order chi connectivity index (χ1) is 7.29. The van der Waals surface area contributed by atoms with E-state index < -0.39 is 0 Å². The Balaban J connectivity index is 2.37. The Bertz CT molecular complexity index is 454. The van der Waals surface area contributed by atoms with Crippen molar-refractivity contribution in [3.05, 3.63) is 48.3 Å². The normalized spacial score (nSPS) is 10.3. The van der Waals surface area contributed by atoms with Gasteiger partial charge in [-0.05, 0) is 17.7 Å². The minimum Gasteiger partial charge on any atom is -0.324 e. The highest BCUT2D eigenvalue weighted by atomic mass is 19.1. The lowest BCUT2D eigenvalue weighted by Crippen LogP contribution is -2.02. The molecule has 0 amide bonds. The van der Waals surface area contributed by atoms with E-state index in [2.05, 4.69) is 9.97 Å². The van der Waals surface area contributed by atoms with Crippen LogP contribution >= 0.6 is 0 Å². The minimum absolute atomic E-state index is 0.268. The minimum atomic E-state index is -0.268. The third-order valence-electron chi connectivity index (χ3n) is 2.05. The molecular weight excluding hydrogens is 193 g/mol. The monoisotopic (exact) mass is 203 g/mol. The molecule has 76 valence electrons. The van der Waals surface area contributed by atoms with Gasteiger partial charge in [0.25, 0.3) is 0 Å². The quantitative estimate of drug-likeness (QED) is 0.808. The Kier molecular flexibility index (Phi) is 2.69. The summed E-state index contributed by atoms with van der Waals surface area (Å²) in [6, 6.07) is 6.31. The van der Waals surface area contributed by atoms with E-state index in [9.17, 15) is 4.39 Å². The zero-order chi connectivity index (χ0) is 10.7. The maximum atomic E-state index is 12.9. The second-order valence-electron chi connectivity index (χ2n) is 3.10. The molecule has 0 aliphatic heterocycles. The van der Waals surface area contributed by atoms with Crippen molar-refractivity contribution in [1.29, 1.82) is 0 Å². The number of halogens is 1. The average Bonchev–Trinajstić information content (AvgIpc) is 2.29. The Hall–Kier alpha value is -1.81. The molecule has 1 aromatic carbocycles. The van der Waals surface area contributed by atoms with Gasteiger partial charge in [0, 0.05) is 18.0 Å². The summed E-state index contributed by atoms with van der Waals surface area (Å²) in [4.78, 5) is 8.09. The molecule has 15 heavy (non-hydrogen) atoms. The van der Waals surface area contributed by atoms with Gasteiger partial charge in [0.2, 0.25) is 0 Å². The van der Waals surface area contributed by atoms with E-state index in [0.29, 0.717) is 12.4 Å². The molecule has 0 spiro atoms. The zero-order valence-corrected chi connectivity index (χ0v) is 8.02. The summed E-state index contributed by atoms with van der Waals surface area (Å²) in [6.45, 7) is 0.309. The predicted octanol–water partition coefficient (Wildman–Crippen LogP) is 1.74. The Morgan fingerprint density at radius 2 is 1.87 bits per heavy atom. The number of aromatic nitrogens is 2. The maximum absolute atomic E-state index is 12.9. The standard InChI is InChI=1S/C11H10FN3/c12-10-3-1-2-8(4-10)9-6-14-11(5-13)15-7-9/h1-4,6-7H,5,13H2. The van der Waals surface area contributed by atoms with E-state index in [4.69, 9.17) is 5.73 Å². The number of rotatable bonds is 2. The summed E-state index contributed by atoms with van der Waals surface area (Å²) < 4.78 is 12.9. The fraction of sp³-hybridized carbons (Fsp3) is 0.0909. The number of hydrogen-bond acceptors (Lipinski definition) is 3. The molecule has 0 fully saturated rings. The van der Waals surface area contributed by atoms with Crippen LogP contribution in [0.2, 0.25) is 0 Å². The first-order valence-electron chi connectivity index (χ1n) is 4.56. The van der Waals surface area contributed by atoms with Crippen molar-refractivity contribution in [3.63, 3.8) is 0 Å². The topological polar surface area (TPSA) is 51.8 Å². The number of nitrogens with two attached hydrogens (primary N) is 1. The number of benzene rings is 1. The van der Waals surface area contributed by atoms with Gasteiger partial charge in [-0.15, -0.1) is 0 Å². The molecule has 0 bridgehead atoms. The second kappa shape index (κ2) is 4.14. The van der Waals surface area contributed by atoms with Gasteiger partial charge in [-0.3, -0.25) is 0 Å². The van der Waals surface area contributed by atoms with Crippen LogP contribution in [-0.4, -0.2) is 9.97 Å². The summed E-state index contributed by atoms with van der Waals surface area (Å²) in [7, 11) is 0. The van der Waals surface area contributed by atoms with E-state index in [0.717, 1.165) is 11.1 Å². The zero-order valence-electron chi connectivity index (χ0n) is 8.02. The van der Waals surface area contributed by atoms with Crippen molar-refractivity contribution in [2.45, 2.75) is 6.54 Å². The van der Waals surface area contributed by atoms with Crippen molar-refractivity contribution in [2.75, 3.05) is 0 Å². The van der Waals surface area contributed by atoms with Crippen LogP contribution < -0.4 is 5.73 Å². The molecular formula is C11H10FN3. The van der Waals surface area contributed by atoms with Crippen LogP contribution in [0.15, 0.2) is 36.7 Å². The van der Waals surface area contributed by atoms with Crippen LogP contribution in [0.5, 0.6) is 0 Å². The van der Waals surface area contributed by atoms with Crippen molar-refractivity contribution in [3.8, 4) is 11.1 Å². The van der Waals surface area contributed by atoms with Crippen LogP contribution in [0.25, 0.3) is 11.1 Å². The molecule has 4 heteroatoms. The summed E-state index contributed by atoms with van der Waals surface area (Å²) in [5, 5.41) is 0. The van der Waals surface area contributed by atoms with Gasteiger partial charge in [0.15, 0.2) is 0 Å². The first-order valence-corrected chi connectivity index (χ1v) is 4.56. The van der Waals surface area contributed by atoms with Gasteiger partial charge in [0.05, 0.1) is 6.54 Å². The van der Waals surface area contributed by atoms with E-state index in [-0.39, 0.29) is 5.82 Å². The van der Waals surface area contributed by atoms with Crippen molar-refractivity contribution in [1.82, 2.24) is 9.97 Å². The van der Waals surface area contributed by atoms with Crippen LogP contribution in [0.4, 0.5) is 4.39 Å². The molecule has 0 unspecified atom stereocenters. The fourth-order valence-electron chi connectivity index (χ4n) is 1.28. The second-order valence-corrected chi connectivity index (χ2v) is 3.10. The van der Waals surface area contributed by atoms with Gasteiger partial charge >= 0.3 is 0 Å². The number of hydrogen-bond donors (Lipinski definition) is 1. The van der Waals surface area contributed by atoms with Gasteiger partial charge in [-0.25, -0.2) is 14.4 Å². The SMILES string of the molecule is NCc1ncc(-c2cccc(F)c2)cn1. The molecule has 2 rings (SSSR count). The maximum Gasteiger partial charge on any atom is 0.141 e. The number of nitrogens with zero attached hydrogens (tertiary/aromatic N) is 2. The third-order valence-corrected chi connectivity index (χ3v) is 2.05.